The number of allylic oxidation sites excluding steroid dienone is 5. The maximum absolute atomic E-state index is 2.39. The van der Waals surface area contributed by atoms with Crippen LogP contribution >= 0.6 is 0 Å². The molecule has 0 saturated carbocycles. The first-order chi connectivity index (χ1) is 15.0. The molecule has 0 bridgehead atoms. The zero-order valence-corrected chi connectivity index (χ0v) is 20.1. The second-order valence-corrected chi connectivity index (χ2v) is 8.16. The van der Waals surface area contributed by atoms with Gasteiger partial charge in [0.25, 0.3) is 0 Å². The minimum Gasteiger partial charge on any atom is -0.375 e. The normalized spacial score (nSPS) is 16.8. The van der Waals surface area contributed by atoms with Crippen molar-refractivity contribution < 1.29 is 4.58 Å². The van der Waals surface area contributed by atoms with Gasteiger partial charge in [0.05, 0.1) is 0 Å². The van der Waals surface area contributed by atoms with Crippen molar-refractivity contribution in [1.82, 2.24) is 0 Å². The summed E-state index contributed by atoms with van der Waals surface area (Å²) in [5.74, 6) is 0. The molecule has 0 radical (unpaired) electrons. The molecule has 0 atom stereocenters. The summed E-state index contributed by atoms with van der Waals surface area (Å²) in [6.45, 7) is 10.9. The molecule has 0 N–H and O–H groups in total. The van der Waals surface area contributed by atoms with Crippen LogP contribution in [0.2, 0.25) is 0 Å². The van der Waals surface area contributed by atoms with Crippen LogP contribution in [-0.2, 0) is 6.42 Å². The Labute approximate surface area is 188 Å². The molecule has 1 aliphatic carbocycles. The van der Waals surface area contributed by atoms with Crippen LogP contribution in [0.1, 0.15) is 50.8 Å². The first kappa shape index (κ1) is 22.8. The highest BCUT2D eigenvalue weighted by molar-refractivity contribution is 6.08. The molecule has 0 aromatic heterocycles. The lowest BCUT2D eigenvalue weighted by Crippen LogP contribution is -2.19. The first-order valence-corrected chi connectivity index (χ1v) is 11.6. The van der Waals surface area contributed by atoms with Crippen LogP contribution in [0, 0.1) is 0 Å². The van der Waals surface area contributed by atoms with Gasteiger partial charge in [0, 0.05) is 30.9 Å². The standard InChI is InChI=1S/C29H37N2/c1-7-22-20-25(16-18-27(22)30(5)9-3)29(24-14-12-11-13-15-24)26-17-19-28(31(6)10-4)23(8-2)21-26/h11-21H,7-10H2,1-6H3/q+1. The van der Waals surface area contributed by atoms with Gasteiger partial charge < -0.3 is 4.90 Å². The van der Waals surface area contributed by atoms with Crippen LogP contribution in [0.15, 0.2) is 77.9 Å². The van der Waals surface area contributed by atoms with Crippen molar-refractivity contribution in [2.75, 3.05) is 32.1 Å². The lowest BCUT2D eigenvalue weighted by molar-refractivity contribution is -0.492. The van der Waals surface area contributed by atoms with E-state index in [1.807, 2.05) is 0 Å². The summed E-state index contributed by atoms with van der Waals surface area (Å²) in [6.07, 6.45) is 9.02. The van der Waals surface area contributed by atoms with E-state index >= 15 is 0 Å². The van der Waals surface area contributed by atoms with Crippen molar-refractivity contribution in [1.29, 1.82) is 0 Å². The van der Waals surface area contributed by atoms with Crippen LogP contribution in [0.25, 0.3) is 5.57 Å². The molecule has 2 aromatic carbocycles. The molecule has 0 heterocycles. The van der Waals surface area contributed by atoms with Crippen LogP contribution in [0.3, 0.4) is 0 Å². The number of benzene rings is 2. The summed E-state index contributed by atoms with van der Waals surface area (Å²) >= 11 is 0. The minimum atomic E-state index is 1.01. The van der Waals surface area contributed by atoms with Crippen molar-refractivity contribution in [2.45, 2.75) is 40.5 Å². The number of anilines is 1. The molecule has 0 fully saturated rings. The Bertz CT molecular complexity index is 1040. The third kappa shape index (κ3) is 4.90. The van der Waals surface area contributed by atoms with Gasteiger partial charge in [-0.25, -0.2) is 4.58 Å². The van der Waals surface area contributed by atoms with Gasteiger partial charge in [-0.3, -0.25) is 0 Å². The molecule has 0 unspecified atom stereocenters. The van der Waals surface area contributed by atoms with Gasteiger partial charge in [0.15, 0.2) is 0 Å². The Morgan fingerprint density at radius 3 is 2.23 bits per heavy atom. The molecule has 2 heteroatoms. The van der Waals surface area contributed by atoms with Crippen LogP contribution in [0.4, 0.5) is 5.69 Å². The molecule has 162 valence electrons. The van der Waals surface area contributed by atoms with Crippen molar-refractivity contribution in [3.8, 4) is 0 Å². The number of hydrogen-bond donors (Lipinski definition) is 0. The molecule has 1 aliphatic rings. The fourth-order valence-corrected chi connectivity index (χ4v) is 4.24. The number of hydrogen-bond acceptors (Lipinski definition) is 1. The number of aryl methyl sites for hydroxylation is 1. The van der Waals surface area contributed by atoms with Gasteiger partial charge in [-0.15, -0.1) is 0 Å². The Hall–Kier alpha value is -2.87. The Balaban J connectivity index is 2.24. The summed E-state index contributed by atoms with van der Waals surface area (Å²) in [5, 5.41) is 0. The molecule has 0 aliphatic heterocycles. The highest BCUT2D eigenvalue weighted by Crippen LogP contribution is 2.34. The topological polar surface area (TPSA) is 6.25 Å². The summed E-state index contributed by atoms with van der Waals surface area (Å²) in [6, 6.07) is 17.8. The molecule has 0 spiro atoms. The predicted molar refractivity (Wildman–Crippen MR) is 136 cm³/mol. The summed E-state index contributed by atoms with van der Waals surface area (Å²) in [4.78, 5) is 2.33. The lowest BCUT2D eigenvalue weighted by atomic mass is 9.87. The van der Waals surface area contributed by atoms with E-state index in [4.69, 9.17) is 0 Å². The molecule has 31 heavy (non-hydrogen) atoms. The molecule has 3 rings (SSSR count). The summed E-state index contributed by atoms with van der Waals surface area (Å²) in [5.41, 5.74) is 10.6. The van der Waals surface area contributed by atoms with Crippen molar-refractivity contribution in [2.24, 2.45) is 0 Å². The van der Waals surface area contributed by atoms with Crippen molar-refractivity contribution in [3.05, 3.63) is 94.6 Å². The molecule has 0 saturated heterocycles. The van der Waals surface area contributed by atoms with E-state index in [0.717, 1.165) is 25.9 Å². The Kier molecular flexibility index (Phi) is 7.68. The predicted octanol–water partition coefficient (Wildman–Crippen LogP) is 6.52. The van der Waals surface area contributed by atoms with E-state index in [0.29, 0.717) is 0 Å². The monoisotopic (exact) mass is 413 g/mol. The number of rotatable bonds is 7. The average molecular weight is 414 g/mol. The van der Waals surface area contributed by atoms with E-state index < -0.39 is 0 Å². The van der Waals surface area contributed by atoms with E-state index in [9.17, 15) is 0 Å². The van der Waals surface area contributed by atoms with Crippen molar-refractivity contribution in [3.63, 3.8) is 0 Å². The van der Waals surface area contributed by atoms with E-state index in [1.165, 1.54) is 44.8 Å². The van der Waals surface area contributed by atoms with E-state index in [1.54, 1.807) is 0 Å². The third-order valence-electron chi connectivity index (χ3n) is 6.33. The van der Waals surface area contributed by atoms with Crippen LogP contribution in [0.5, 0.6) is 0 Å². The second-order valence-electron chi connectivity index (χ2n) is 8.16. The van der Waals surface area contributed by atoms with Crippen LogP contribution < -0.4 is 4.90 Å². The summed E-state index contributed by atoms with van der Waals surface area (Å²) < 4.78 is 2.33. The molecule has 2 aromatic rings. The second kappa shape index (κ2) is 10.4. The zero-order valence-electron chi connectivity index (χ0n) is 20.1. The Morgan fingerprint density at radius 2 is 1.61 bits per heavy atom. The highest BCUT2D eigenvalue weighted by atomic mass is 15.1. The first-order valence-electron chi connectivity index (χ1n) is 11.6. The van der Waals surface area contributed by atoms with Gasteiger partial charge in [-0.2, -0.15) is 0 Å². The minimum absolute atomic E-state index is 1.01. The molecular formula is C29H37N2+. The number of nitrogens with zero attached hydrogens (tertiary/aromatic N) is 2. The zero-order chi connectivity index (χ0) is 22.4. The maximum Gasteiger partial charge on any atom is 0.202 e. The van der Waals surface area contributed by atoms with E-state index in [-0.39, 0.29) is 0 Å². The average Bonchev–Trinajstić information content (AvgIpc) is 2.83. The fourth-order valence-electron chi connectivity index (χ4n) is 4.24. The Morgan fingerprint density at radius 1 is 0.871 bits per heavy atom. The lowest BCUT2D eigenvalue weighted by Gasteiger charge is -2.22. The molecule has 0 amide bonds. The SMILES string of the molecule is CCC1=C/C(=C(/c2ccccc2)c2ccc(N(C)CC)c(CC)c2)C=CC1=[N+](C)CC. The summed E-state index contributed by atoms with van der Waals surface area (Å²) in [7, 11) is 4.35. The van der Waals surface area contributed by atoms with Gasteiger partial charge in [-0.1, -0.05) is 50.2 Å². The van der Waals surface area contributed by atoms with Crippen LogP contribution in [-0.4, -0.2) is 37.5 Å². The van der Waals surface area contributed by atoms with Gasteiger partial charge >= 0.3 is 0 Å². The third-order valence-corrected chi connectivity index (χ3v) is 6.33. The van der Waals surface area contributed by atoms with Crippen molar-refractivity contribution >= 4 is 17.0 Å². The highest BCUT2D eigenvalue weighted by Gasteiger charge is 2.19. The largest absolute Gasteiger partial charge is 0.375 e. The molecular weight excluding hydrogens is 376 g/mol. The smallest absolute Gasteiger partial charge is 0.202 e. The van der Waals surface area contributed by atoms with Gasteiger partial charge in [-0.05, 0) is 78.8 Å². The molecule has 2 nitrogen and oxygen atoms in total. The quantitative estimate of drug-likeness (QED) is 0.469. The van der Waals surface area contributed by atoms with Gasteiger partial charge in [0.2, 0.25) is 5.71 Å². The van der Waals surface area contributed by atoms with E-state index in [2.05, 4.69) is 118 Å². The maximum atomic E-state index is 2.39. The van der Waals surface area contributed by atoms with Gasteiger partial charge in [0.1, 0.15) is 13.6 Å². The fraction of sp³-hybridized carbons (Fsp3) is 0.345.